The zero-order chi connectivity index (χ0) is 9.97. The summed E-state index contributed by atoms with van der Waals surface area (Å²) in [5.41, 5.74) is 0. The van der Waals surface area contributed by atoms with Gasteiger partial charge in [0.1, 0.15) is 6.04 Å². The fourth-order valence-corrected chi connectivity index (χ4v) is 2.42. The lowest BCUT2D eigenvalue weighted by Gasteiger charge is -2.27. The second-order valence-electron chi connectivity index (χ2n) is 4.08. The summed E-state index contributed by atoms with van der Waals surface area (Å²) in [6.45, 7) is 2.55. The summed E-state index contributed by atoms with van der Waals surface area (Å²) in [4.78, 5) is 13.2. The van der Waals surface area contributed by atoms with Crippen LogP contribution in [0.2, 0.25) is 0 Å². The van der Waals surface area contributed by atoms with Crippen LogP contribution in [0.15, 0.2) is 0 Å². The van der Waals surface area contributed by atoms with Gasteiger partial charge in [0.05, 0.1) is 6.10 Å². The zero-order valence-electron chi connectivity index (χ0n) is 8.32. The van der Waals surface area contributed by atoms with Gasteiger partial charge in [-0.25, -0.2) is 0 Å². The van der Waals surface area contributed by atoms with Gasteiger partial charge in [0, 0.05) is 6.61 Å². The third-order valence-corrected chi connectivity index (χ3v) is 3.10. The Morgan fingerprint density at radius 2 is 2.07 bits per heavy atom. The first kappa shape index (κ1) is 9.93. The molecule has 2 atom stereocenters. The summed E-state index contributed by atoms with van der Waals surface area (Å²) >= 11 is 0. The van der Waals surface area contributed by atoms with Crippen molar-refractivity contribution in [3.63, 3.8) is 0 Å². The van der Waals surface area contributed by atoms with Gasteiger partial charge in [0.15, 0.2) is 0 Å². The number of carboxylic acids is 1. The number of likely N-dealkylation sites (tertiary alicyclic amines) is 1. The maximum Gasteiger partial charge on any atom is 0.323 e. The van der Waals surface area contributed by atoms with Crippen LogP contribution >= 0.6 is 0 Å². The Kier molecular flexibility index (Phi) is 3.03. The van der Waals surface area contributed by atoms with Gasteiger partial charge in [-0.15, -0.1) is 0 Å². The van der Waals surface area contributed by atoms with E-state index in [1.54, 1.807) is 0 Å². The third kappa shape index (κ3) is 1.91. The van der Waals surface area contributed by atoms with Gasteiger partial charge in [-0.2, -0.15) is 0 Å². The zero-order valence-corrected chi connectivity index (χ0v) is 8.32. The van der Waals surface area contributed by atoms with E-state index >= 15 is 0 Å². The first-order valence-electron chi connectivity index (χ1n) is 5.37. The highest BCUT2D eigenvalue weighted by atomic mass is 16.5. The highest BCUT2D eigenvalue weighted by molar-refractivity contribution is 5.74. The molecule has 0 radical (unpaired) electrons. The van der Waals surface area contributed by atoms with Crippen LogP contribution in [-0.4, -0.2) is 47.8 Å². The lowest BCUT2D eigenvalue weighted by atomic mass is 10.1. The van der Waals surface area contributed by atoms with Gasteiger partial charge < -0.3 is 9.84 Å². The van der Waals surface area contributed by atoms with E-state index < -0.39 is 12.0 Å². The molecule has 2 rings (SSSR count). The van der Waals surface area contributed by atoms with E-state index in [0.717, 1.165) is 45.4 Å². The van der Waals surface area contributed by atoms with Gasteiger partial charge >= 0.3 is 5.97 Å². The number of carbonyl (C=O) groups is 1. The van der Waals surface area contributed by atoms with E-state index in [2.05, 4.69) is 4.90 Å². The minimum absolute atomic E-state index is 0.0781. The molecule has 0 aromatic rings. The Morgan fingerprint density at radius 1 is 1.36 bits per heavy atom. The predicted molar refractivity (Wildman–Crippen MR) is 51.2 cm³/mol. The highest BCUT2D eigenvalue weighted by Crippen LogP contribution is 2.23. The SMILES string of the molecule is O=C(O)C(C1CCCO1)N1CCCC1. The lowest BCUT2D eigenvalue weighted by molar-refractivity contribution is -0.147. The average Bonchev–Trinajstić information content (AvgIpc) is 2.75. The monoisotopic (exact) mass is 199 g/mol. The molecule has 4 nitrogen and oxygen atoms in total. The number of hydrogen-bond donors (Lipinski definition) is 1. The predicted octanol–water partition coefficient (Wildman–Crippen LogP) is 0.714. The Hall–Kier alpha value is -0.610. The van der Waals surface area contributed by atoms with E-state index in [9.17, 15) is 9.90 Å². The number of ether oxygens (including phenoxy) is 1. The van der Waals surface area contributed by atoms with E-state index in [4.69, 9.17) is 4.74 Å². The fraction of sp³-hybridized carbons (Fsp3) is 0.900. The van der Waals surface area contributed by atoms with Crippen LogP contribution in [0.1, 0.15) is 25.7 Å². The molecule has 0 aromatic heterocycles. The molecular weight excluding hydrogens is 182 g/mol. The minimum Gasteiger partial charge on any atom is -0.480 e. The molecule has 14 heavy (non-hydrogen) atoms. The molecule has 4 heteroatoms. The van der Waals surface area contributed by atoms with Crippen molar-refractivity contribution in [2.24, 2.45) is 0 Å². The summed E-state index contributed by atoms with van der Waals surface area (Å²) in [6, 6.07) is -0.403. The molecule has 0 bridgehead atoms. The van der Waals surface area contributed by atoms with Crippen LogP contribution in [0.5, 0.6) is 0 Å². The molecule has 0 aromatic carbocycles. The van der Waals surface area contributed by atoms with Crippen LogP contribution in [0, 0.1) is 0 Å². The van der Waals surface area contributed by atoms with Gasteiger partial charge in [0.25, 0.3) is 0 Å². The van der Waals surface area contributed by atoms with Crippen molar-refractivity contribution in [3.05, 3.63) is 0 Å². The quantitative estimate of drug-likeness (QED) is 0.727. The van der Waals surface area contributed by atoms with E-state index in [-0.39, 0.29) is 6.10 Å². The minimum atomic E-state index is -0.723. The Labute approximate surface area is 83.8 Å². The Bertz CT molecular complexity index is 191. The fourth-order valence-electron chi connectivity index (χ4n) is 2.42. The summed E-state index contributed by atoms with van der Waals surface area (Å²) in [5, 5.41) is 9.17. The molecule has 0 saturated carbocycles. The summed E-state index contributed by atoms with van der Waals surface area (Å²) in [7, 11) is 0. The molecule has 80 valence electrons. The molecule has 0 aliphatic carbocycles. The van der Waals surface area contributed by atoms with E-state index in [0.29, 0.717) is 0 Å². The van der Waals surface area contributed by atoms with E-state index in [1.165, 1.54) is 0 Å². The van der Waals surface area contributed by atoms with Gasteiger partial charge in [0.2, 0.25) is 0 Å². The maximum absolute atomic E-state index is 11.2. The number of rotatable bonds is 3. The van der Waals surface area contributed by atoms with Crippen molar-refractivity contribution in [3.8, 4) is 0 Å². The molecule has 2 fully saturated rings. The van der Waals surface area contributed by atoms with Crippen molar-refractivity contribution < 1.29 is 14.6 Å². The number of aliphatic carboxylic acids is 1. The van der Waals surface area contributed by atoms with Crippen molar-refractivity contribution in [2.45, 2.75) is 37.8 Å². The van der Waals surface area contributed by atoms with Crippen molar-refractivity contribution in [1.29, 1.82) is 0 Å². The highest BCUT2D eigenvalue weighted by Gasteiger charge is 2.37. The lowest BCUT2D eigenvalue weighted by Crippen LogP contribution is -2.47. The second kappa shape index (κ2) is 4.28. The average molecular weight is 199 g/mol. The van der Waals surface area contributed by atoms with Gasteiger partial charge in [-0.1, -0.05) is 0 Å². The van der Waals surface area contributed by atoms with Gasteiger partial charge in [-0.05, 0) is 38.8 Å². The van der Waals surface area contributed by atoms with Crippen molar-refractivity contribution in [2.75, 3.05) is 19.7 Å². The van der Waals surface area contributed by atoms with Crippen LogP contribution < -0.4 is 0 Å². The van der Waals surface area contributed by atoms with Crippen molar-refractivity contribution in [1.82, 2.24) is 4.90 Å². The first-order chi connectivity index (χ1) is 6.79. The molecule has 2 aliphatic rings. The molecule has 2 aliphatic heterocycles. The summed E-state index contributed by atoms with van der Waals surface area (Å²) < 4.78 is 5.47. The molecule has 0 amide bonds. The van der Waals surface area contributed by atoms with Crippen LogP contribution in [0.4, 0.5) is 0 Å². The molecule has 2 saturated heterocycles. The van der Waals surface area contributed by atoms with Crippen LogP contribution in [0.25, 0.3) is 0 Å². The third-order valence-electron chi connectivity index (χ3n) is 3.10. The van der Waals surface area contributed by atoms with Crippen LogP contribution in [0.3, 0.4) is 0 Å². The Balaban J connectivity index is 2.02. The molecular formula is C10H17NO3. The topological polar surface area (TPSA) is 49.8 Å². The van der Waals surface area contributed by atoms with E-state index in [1.807, 2.05) is 0 Å². The number of nitrogens with zero attached hydrogens (tertiary/aromatic N) is 1. The summed E-state index contributed by atoms with van der Waals surface area (Å²) in [5.74, 6) is -0.723. The molecule has 0 spiro atoms. The first-order valence-corrected chi connectivity index (χ1v) is 5.37. The standard InChI is InChI=1S/C10H17NO3/c12-10(13)9(8-4-3-7-14-8)11-5-1-2-6-11/h8-9H,1-7H2,(H,12,13). The normalized spacial score (nSPS) is 30.7. The molecule has 2 heterocycles. The number of carboxylic acid groups (broad SMARTS) is 1. The second-order valence-corrected chi connectivity index (χ2v) is 4.08. The largest absolute Gasteiger partial charge is 0.480 e. The summed E-state index contributed by atoms with van der Waals surface area (Å²) in [6.07, 6.45) is 4.06. The Morgan fingerprint density at radius 3 is 2.57 bits per heavy atom. The van der Waals surface area contributed by atoms with Crippen LogP contribution in [-0.2, 0) is 9.53 Å². The van der Waals surface area contributed by atoms with Gasteiger partial charge in [-0.3, -0.25) is 9.69 Å². The number of hydrogen-bond acceptors (Lipinski definition) is 3. The van der Waals surface area contributed by atoms with Crippen molar-refractivity contribution >= 4 is 5.97 Å². The molecule has 2 unspecified atom stereocenters. The smallest absolute Gasteiger partial charge is 0.323 e. The molecule has 1 N–H and O–H groups in total. The maximum atomic E-state index is 11.2.